The molecule has 0 aromatic heterocycles. The zero-order valence-electron chi connectivity index (χ0n) is 11.4. The summed E-state index contributed by atoms with van der Waals surface area (Å²) in [6, 6.07) is 9.71. The molecule has 1 amide bonds. The van der Waals surface area contributed by atoms with Crippen LogP contribution >= 0.6 is 0 Å². The highest BCUT2D eigenvalue weighted by Gasteiger charge is 2.21. The van der Waals surface area contributed by atoms with Crippen LogP contribution in [0.2, 0.25) is 0 Å². The molecule has 0 bridgehead atoms. The van der Waals surface area contributed by atoms with Crippen molar-refractivity contribution in [2.45, 2.75) is 12.5 Å². The predicted octanol–water partition coefficient (Wildman–Crippen LogP) is 2.45. The Morgan fingerprint density at radius 1 is 1.05 bits per heavy atom. The third kappa shape index (κ3) is 4.12. The van der Waals surface area contributed by atoms with Gasteiger partial charge in [-0.05, 0) is 23.3 Å². The molecule has 2 aromatic rings. The van der Waals surface area contributed by atoms with Crippen LogP contribution in [0.5, 0.6) is 0 Å². The van der Waals surface area contributed by atoms with Crippen molar-refractivity contribution in [3.8, 4) is 0 Å². The Morgan fingerprint density at radius 2 is 1.64 bits per heavy atom. The fourth-order valence-electron chi connectivity index (χ4n) is 2.04. The van der Waals surface area contributed by atoms with Crippen LogP contribution in [0.15, 0.2) is 48.5 Å². The van der Waals surface area contributed by atoms with Crippen LogP contribution in [0.1, 0.15) is 17.2 Å². The number of halogens is 2. The number of hydrogen-bond acceptors (Lipinski definition) is 2. The molecule has 0 unspecified atom stereocenters. The molecule has 0 fully saturated rings. The van der Waals surface area contributed by atoms with Crippen molar-refractivity contribution >= 4 is 11.9 Å². The lowest BCUT2D eigenvalue weighted by Gasteiger charge is -2.15. The van der Waals surface area contributed by atoms with E-state index in [0.29, 0.717) is 11.6 Å². The normalized spacial score (nSPS) is 11.7. The summed E-state index contributed by atoms with van der Waals surface area (Å²) in [6.07, 6.45) is -0.314. The topological polar surface area (TPSA) is 66.4 Å². The van der Waals surface area contributed by atoms with Gasteiger partial charge in [-0.15, -0.1) is 0 Å². The van der Waals surface area contributed by atoms with Crippen molar-refractivity contribution in [1.29, 1.82) is 0 Å². The molecule has 0 radical (unpaired) electrons. The molecule has 2 N–H and O–H groups in total. The molecular weight excluding hydrogens is 292 g/mol. The number of aliphatic carboxylic acids is 1. The smallest absolute Gasteiger partial charge is 0.330 e. The average Bonchev–Trinajstić information content (AvgIpc) is 2.44. The zero-order valence-corrected chi connectivity index (χ0v) is 11.4. The van der Waals surface area contributed by atoms with Crippen molar-refractivity contribution in [1.82, 2.24) is 5.32 Å². The number of amides is 1. The molecule has 4 nitrogen and oxygen atoms in total. The number of rotatable bonds is 5. The molecule has 0 heterocycles. The summed E-state index contributed by atoms with van der Waals surface area (Å²) < 4.78 is 26.1. The van der Waals surface area contributed by atoms with E-state index in [1.807, 2.05) is 0 Å². The molecule has 2 rings (SSSR count). The van der Waals surface area contributed by atoms with E-state index in [4.69, 9.17) is 0 Å². The monoisotopic (exact) mass is 305 g/mol. The summed E-state index contributed by atoms with van der Waals surface area (Å²) >= 11 is 0. The number of benzene rings is 2. The van der Waals surface area contributed by atoms with Crippen LogP contribution in [0.3, 0.4) is 0 Å². The molecule has 114 valence electrons. The Morgan fingerprint density at radius 3 is 2.18 bits per heavy atom. The second-order valence-electron chi connectivity index (χ2n) is 4.70. The second kappa shape index (κ2) is 6.80. The number of nitrogens with one attached hydrogen (secondary N) is 1. The summed E-state index contributed by atoms with van der Waals surface area (Å²) in [5, 5.41) is 11.5. The summed E-state index contributed by atoms with van der Waals surface area (Å²) in [7, 11) is 0. The molecule has 0 aliphatic carbocycles. The van der Waals surface area contributed by atoms with Crippen LogP contribution in [0.25, 0.3) is 0 Å². The van der Waals surface area contributed by atoms with Crippen LogP contribution in [-0.4, -0.2) is 17.0 Å². The molecule has 1 atom stereocenters. The molecule has 2 aromatic carbocycles. The average molecular weight is 305 g/mol. The van der Waals surface area contributed by atoms with Gasteiger partial charge < -0.3 is 10.4 Å². The van der Waals surface area contributed by atoms with Crippen LogP contribution in [-0.2, 0) is 16.0 Å². The highest BCUT2D eigenvalue weighted by molar-refractivity contribution is 5.85. The molecular formula is C16H13F2NO3. The third-order valence-corrected chi connectivity index (χ3v) is 2.97. The first-order valence-corrected chi connectivity index (χ1v) is 6.48. The largest absolute Gasteiger partial charge is 0.479 e. The van der Waals surface area contributed by atoms with Crippen molar-refractivity contribution in [3.05, 3.63) is 71.3 Å². The second-order valence-corrected chi connectivity index (χ2v) is 4.70. The Hall–Kier alpha value is -2.76. The SMILES string of the molecule is O=C(Cc1cc(F)cc(F)c1)N[C@H](C(=O)O)c1ccccc1. The molecule has 0 aliphatic heterocycles. The fraction of sp³-hybridized carbons (Fsp3) is 0.125. The van der Waals surface area contributed by atoms with Crippen LogP contribution < -0.4 is 5.32 Å². The zero-order chi connectivity index (χ0) is 16.1. The number of carbonyl (C=O) groups excluding carboxylic acids is 1. The molecule has 0 saturated carbocycles. The van der Waals surface area contributed by atoms with E-state index in [1.165, 1.54) is 0 Å². The predicted molar refractivity (Wildman–Crippen MR) is 75.0 cm³/mol. The minimum Gasteiger partial charge on any atom is -0.479 e. The van der Waals surface area contributed by atoms with Gasteiger partial charge in [0.05, 0.1) is 6.42 Å². The van der Waals surface area contributed by atoms with Gasteiger partial charge in [-0.1, -0.05) is 30.3 Å². The maximum Gasteiger partial charge on any atom is 0.330 e. The first kappa shape index (κ1) is 15.6. The van der Waals surface area contributed by atoms with Gasteiger partial charge in [0, 0.05) is 6.07 Å². The molecule has 0 aliphatic rings. The molecule has 0 saturated heterocycles. The fourth-order valence-corrected chi connectivity index (χ4v) is 2.04. The van der Waals surface area contributed by atoms with Gasteiger partial charge in [0.25, 0.3) is 0 Å². The van der Waals surface area contributed by atoms with E-state index in [9.17, 15) is 23.5 Å². The van der Waals surface area contributed by atoms with Crippen molar-refractivity contribution in [2.75, 3.05) is 0 Å². The highest BCUT2D eigenvalue weighted by atomic mass is 19.1. The summed E-state index contributed by atoms with van der Waals surface area (Å²) in [6.45, 7) is 0. The first-order chi connectivity index (χ1) is 10.5. The summed E-state index contributed by atoms with van der Waals surface area (Å²) in [5.74, 6) is -3.44. The molecule has 0 spiro atoms. The van der Waals surface area contributed by atoms with Gasteiger partial charge in [-0.25, -0.2) is 13.6 Å². The summed E-state index contributed by atoms with van der Waals surface area (Å²) in [5.41, 5.74) is 0.543. The van der Waals surface area contributed by atoms with E-state index in [1.54, 1.807) is 30.3 Å². The maximum absolute atomic E-state index is 13.1. The quantitative estimate of drug-likeness (QED) is 0.891. The Kier molecular flexibility index (Phi) is 4.83. The number of hydrogen-bond donors (Lipinski definition) is 2. The van der Waals surface area contributed by atoms with Gasteiger partial charge in [0.1, 0.15) is 11.6 Å². The van der Waals surface area contributed by atoms with Gasteiger partial charge in [-0.2, -0.15) is 0 Å². The number of carboxylic acid groups (broad SMARTS) is 1. The lowest BCUT2D eigenvalue weighted by atomic mass is 10.1. The van der Waals surface area contributed by atoms with E-state index in [2.05, 4.69) is 5.32 Å². The molecule has 6 heteroatoms. The maximum atomic E-state index is 13.1. The van der Waals surface area contributed by atoms with Crippen LogP contribution in [0, 0.1) is 11.6 Å². The Balaban J connectivity index is 2.10. The van der Waals surface area contributed by atoms with Crippen molar-refractivity contribution < 1.29 is 23.5 Å². The standard InChI is InChI=1S/C16H13F2NO3/c17-12-6-10(7-13(18)9-12)8-14(20)19-15(16(21)22)11-4-2-1-3-5-11/h1-7,9,15H,8H2,(H,19,20)(H,21,22)/t15-/m0/s1. The van der Waals surface area contributed by atoms with E-state index in [0.717, 1.165) is 12.1 Å². The molecule has 22 heavy (non-hydrogen) atoms. The van der Waals surface area contributed by atoms with Crippen molar-refractivity contribution in [3.63, 3.8) is 0 Å². The lowest BCUT2D eigenvalue weighted by Crippen LogP contribution is -2.34. The Bertz CT molecular complexity index is 669. The van der Waals surface area contributed by atoms with Gasteiger partial charge in [0.15, 0.2) is 6.04 Å². The summed E-state index contributed by atoms with van der Waals surface area (Å²) in [4.78, 5) is 23.2. The Labute approximate surface area is 125 Å². The van der Waals surface area contributed by atoms with Gasteiger partial charge in [0.2, 0.25) is 5.91 Å². The van der Waals surface area contributed by atoms with E-state index >= 15 is 0 Å². The minimum absolute atomic E-state index is 0.132. The van der Waals surface area contributed by atoms with E-state index < -0.39 is 29.6 Å². The highest BCUT2D eigenvalue weighted by Crippen LogP contribution is 2.14. The van der Waals surface area contributed by atoms with E-state index in [-0.39, 0.29) is 12.0 Å². The number of carboxylic acids is 1. The van der Waals surface area contributed by atoms with Crippen LogP contribution in [0.4, 0.5) is 8.78 Å². The number of carbonyl (C=O) groups is 2. The third-order valence-electron chi connectivity index (χ3n) is 2.97. The van der Waals surface area contributed by atoms with Crippen molar-refractivity contribution in [2.24, 2.45) is 0 Å². The van der Waals surface area contributed by atoms with Gasteiger partial charge >= 0.3 is 5.97 Å². The minimum atomic E-state index is -1.22. The lowest BCUT2D eigenvalue weighted by molar-refractivity contribution is -0.141. The van der Waals surface area contributed by atoms with Gasteiger partial charge in [-0.3, -0.25) is 4.79 Å². The first-order valence-electron chi connectivity index (χ1n) is 6.48.